The maximum atomic E-state index is 12.9. The van der Waals surface area contributed by atoms with Crippen LogP contribution in [0.4, 0.5) is 0 Å². The largest absolute Gasteiger partial charge is 0.548 e. The van der Waals surface area contributed by atoms with Crippen LogP contribution >= 0.6 is 24.0 Å². The molecule has 162 valence electrons. The van der Waals surface area contributed by atoms with E-state index in [2.05, 4.69) is 0 Å². The molecule has 2 aliphatic heterocycles. The Labute approximate surface area is 189 Å². The first-order valence-electron chi connectivity index (χ1n) is 9.76. The van der Waals surface area contributed by atoms with Gasteiger partial charge in [-0.1, -0.05) is 80.3 Å². The minimum absolute atomic E-state index is 0.0708. The zero-order valence-corrected chi connectivity index (χ0v) is 18.7. The Bertz CT molecular complexity index is 987. The van der Waals surface area contributed by atoms with Crippen molar-refractivity contribution in [2.75, 3.05) is 0 Å². The van der Waals surface area contributed by atoms with Crippen LogP contribution < -0.4 is 5.11 Å². The van der Waals surface area contributed by atoms with Crippen molar-refractivity contribution in [2.24, 2.45) is 5.92 Å². The van der Waals surface area contributed by atoms with Crippen molar-refractivity contribution in [3.63, 3.8) is 0 Å². The Balaban J connectivity index is 1.79. The van der Waals surface area contributed by atoms with Crippen LogP contribution in [0.3, 0.4) is 0 Å². The number of benzene rings is 1. The van der Waals surface area contributed by atoms with Gasteiger partial charge in [0.05, 0.1) is 23.3 Å². The second-order valence-corrected chi connectivity index (χ2v) is 9.31. The molecule has 1 aromatic rings. The molecule has 2 fully saturated rings. The summed E-state index contributed by atoms with van der Waals surface area (Å²) in [6.45, 7) is 3.57. The van der Waals surface area contributed by atoms with E-state index in [1.165, 1.54) is 0 Å². The van der Waals surface area contributed by atoms with Gasteiger partial charge in [0.25, 0.3) is 11.8 Å². The fraction of sp³-hybridized carbons (Fsp3) is 0.318. The molecule has 0 saturated carbocycles. The molecule has 0 bridgehead atoms. The molecular weight excluding hydrogens is 436 g/mol. The number of imide groups is 1. The smallest absolute Gasteiger partial charge is 0.266 e. The number of allylic oxidation sites excluding steroid dienone is 2. The summed E-state index contributed by atoms with van der Waals surface area (Å²) in [5.74, 6) is -3.43. The fourth-order valence-electron chi connectivity index (χ4n) is 3.49. The highest BCUT2D eigenvalue weighted by Gasteiger charge is 2.50. The lowest BCUT2D eigenvalue weighted by atomic mass is 10.0. The number of carboxylic acids is 1. The van der Waals surface area contributed by atoms with Crippen LogP contribution in [0.15, 0.2) is 47.4 Å². The van der Waals surface area contributed by atoms with E-state index in [0.29, 0.717) is 4.91 Å². The maximum Gasteiger partial charge on any atom is 0.266 e. The zero-order chi connectivity index (χ0) is 22.7. The molecule has 2 atom stereocenters. The van der Waals surface area contributed by atoms with Gasteiger partial charge in [0.2, 0.25) is 5.91 Å². The van der Waals surface area contributed by atoms with Crippen molar-refractivity contribution < 1.29 is 24.3 Å². The number of carboxylic acid groups (broad SMARTS) is 1. The first-order valence-corrected chi connectivity index (χ1v) is 11.0. The average Bonchev–Trinajstić information content (AvgIpc) is 3.15. The van der Waals surface area contributed by atoms with Crippen molar-refractivity contribution in [3.8, 4) is 0 Å². The molecule has 0 N–H and O–H groups in total. The standard InChI is InChI=1S/C22H22N2O5S2/c1-13(2)11-16(21(28)29)23-18(25)12-15(19(23)26)24-20(27)17(31-22(24)30)10-6-9-14-7-4-3-5-8-14/h3-10,13,15-16H,11-12H2,1-2H3,(H,28,29)/p-1/b9-6+,17-10-/t15-,16-/m1/s1. The van der Waals surface area contributed by atoms with Crippen molar-refractivity contribution in [3.05, 3.63) is 53.0 Å². The van der Waals surface area contributed by atoms with Gasteiger partial charge < -0.3 is 9.90 Å². The van der Waals surface area contributed by atoms with Gasteiger partial charge in [0, 0.05) is 0 Å². The SMILES string of the molecule is CC(C)C[C@H](C(=O)[O-])N1C(=O)C[C@@H](N2C(=O)/C(=C/C=C/c3ccccc3)SC2=S)C1=O. The van der Waals surface area contributed by atoms with Gasteiger partial charge in [-0.2, -0.15) is 0 Å². The third-order valence-electron chi connectivity index (χ3n) is 4.91. The number of likely N-dealkylation sites (tertiary alicyclic amines) is 1. The Morgan fingerprint density at radius 3 is 2.55 bits per heavy atom. The van der Waals surface area contributed by atoms with E-state index in [-0.39, 0.29) is 23.1 Å². The van der Waals surface area contributed by atoms with Gasteiger partial charge >= 0.3 is 0 Å². The van der Waals surface area contributed by atoms with E-state index in [1.54, 1.807) is 26.0 Å². The predicted octanol–water partition coefficient (Wildman–Crippen LogP) is 1.74. The molecule has 2 aliphatic rings. The molecule has 7 nitrogen and oxygen atoms in total. The van der Waals surface area contributed by atoms with Gasteiger partial charge in [-0.25, -0.2) is 0 Å². The number of amides is 3. The lowest BCUT2D eigenvalue weighted by Crippen LogP contribution is -2.53. The molecule has 31 heavy (non-hydrogen) atoms. The summed E-state index contributed by atoms with van der Waals surface area (Å²) in [7, 11) is 0. The summed E-state index contributed by atoms with van der Waals surface area (Å²) in [5.41, 5.74) is 0.958. The number of hydrogen-bond donors (Lipinski definition) is 0. The second kappa shape index (κ2) is 9.57. The van der Waals surface area contributed by atoms with Crippen molar-refractivity contribution in [1.29, 1.82) is 0 Å². The molecule has 3 amide bonds. The van der Waals surface area contributed by atoms with E-state index in [4.69, 9.17) is 12.2 Å². The molecule has 9 heteroatoms. The summed E-state index contributed by atoms with van der Waals surface area (Å²) in [5, 5.41) is 11.6. The predicted molar refractivity (Wildman–Crippen MR) is 119 cm³/mol. The van der Waals surface area contributed by atoms with Crippen LogP contribution in [-0.4, -0.2) is 49.9 Å². The van der Waals surface area contributed by atoms with Crippen LogP contribution in [-0.2, 0) is 19.2 Å². The second-order valence-electron chi connectivity index (χ2n) is 7.63. The molecule has 0 unspecified atom stereocenters. The van der Waals surface area contributed by atoms with Crippen LogP contribution in [0.5, 0.6) is 0 Å². The van der Waals surface area contributed by atoms with E-state index >= 15 is 0 Å². The molecule has 3 rings (SSSR count). The molecule has 0 aromatic heterocycles. The van der Waals surface area contributed by atoms with Gasteiger partial charge in [0.15, 0.2) is 0 Å². The number of nitrogens with zero attached hydrogens (tertiary/aromatic N) is 2. The van der Waals surface area contributed by atoms with Gasteiger partial charge in [0.1, 0.15) is 10.4 Å². The van der Waals surface area contributed by atoms with Crippen LogP contribution in [0, 0.1) is 5.92 Å². The minimum atomic E-state index is -1.49. The number of hydrogen-bond acceptors (Lipinski definition) is 7. The number of thioether (sulfide) groups is 1. The van der Waals surface area contributed by atoms with Crippen LogP contribution in [0.25, 0.3) is 6.08 Å². The van der Waals surface area contributed by atoms with Crippen LogP contribution in [0.1, 0.15) is 32.3 Å². The Morgan fingerprint density at radius 2 is 1.94 bits per heavy atom. The minimum Gasteiger partial charge on any atom is -0.548 e. The summed E-state index contributed by atoms with van der Waals surface area (Å²) in [6, 6.07) is 7.01. The van der Waals surface area contributed by atoms with Gasteiger partial charge in [-0.3, -0.25) is 24.2 Å². The molecule has 0 radical (unpaired) electrons. The van der Waals surface area contributed by atoms with E-state index in [1.807, 2.05) is 36.4 Å². The first kappa shape index (κ1) is 22.9. The summed E-state index contributed by atoms with van der Waals surface area (Å²) in [4.78, 5) is 52.1. The number of rotatable bonds is 7. The van der Waals surface area contributed by atoms with E-state index in [9.17, 15) is 24.3 Å². The maximum absolute atomic E-state index is 12.9. The fourth-order valence-corrected chi connectivity index (χ4v) is 4.80. The Hall–Kier alpha value is -2.78. The monoisotopic (exact) mass is 457 g/mol. The molecule has 0 aliphatic carbocycles. The topological polar surface area (TPSA) is 97.8 Å². The molecule has 0 spiro atoms. The number of carbonyl (C=O) groups excluding carboxylic acids is 4. The third kappa shape index (κ3) is 4.94. The summed E-state index contributed by atoms with van der Waals surface area (Å²) in [6.07, 6.45) is 4.92. The lowest BCUT2D eigenvalue weighted by Gasteiger charge is -2.29. The van der Waals surface area contributed by atoms with E-state index < -0.39 is 35.8 Å². The average molecular weight is 458 g/mol. The molecule has 2 heterocycles. The van der Waals surface area contributed by atoms with Crippen molar-refractivity contribution >= 4 is 58.1 Å². The number of thiocarbonyl (C=S) groups is 1. The zero-order valence-electron chi connectivity index (χ0n) is 17.0. The van der Waals surface area contributed by atoms with Gasteiger partial charge in [-0.15, -0.1) is 0 Å². The molecular formula is C22H21N2O5S2-. The number of carbonyl (C=O) groups is 4. The highest BCUT2D eigenvalue weighted by Crippen LogP contribution is 2.36. The molecule has 2 saturated heterocycles. The lowest BCUT2D eigenvalue weighted by molar-refractivity contribution is -0.311. The first-order chi connectivity index (χ1) is 14.7. The molecule has 1 aromatic carbocycles. The van der Waals surface area contributed by atoms with E-state index in [0.717, 1.165) is 27.1 Å². The van der Waals surface area contributed by atoms with Crippen molar-refractivity contribution in [2.45, 2.75) is 38.8 Å². The highest BCUT2D eigenvalue weighted by atomic mass is 32.2. The summed E-state index contributed by atoms with van der Waals surface area (Å²) >= 11 is 6.33. The van der Waals surface area contributed by atoms with Gasteiger partial charge in [-0.05, 0) is 24.0 Å². The Morgan fingerprint density at radius 1 is 1.26 bits per heavy atom. The summed E-state index contributed by atoms with van der Waals surface area (Å²) < 4.78 is 0.159. The highest BCUT2D eigenvalue weighted by molar-refractivity contribution is 8.26. The third-order valence-corrected chi connectivity index (χ3v) is 6.26. The van der Waals surface area contributed by atoms with Crippen LogP contribution in [0.2, 0.25) is 0 Å². The van der Waals surface area contributed by atoms with Crippen molar-refractivity contribution in [1.82, 2.24) is 9.80 Å². The Kier molecular flexibility index (Phi) is 7.07. The quantitative estimate of drug-likeness (QED) is 0.349. The normalized spacial score (nSPS) is 21.9. The number of aliphatic carboxylic acids is 1.